The molecule has 0 bridgehead atoms. The Morgan fingerprint density at radius 2 is 2.25 bits per heavy atom. The van der Waals surface area contributed by atoms with E-state index >= 15 is 0 Å². The summed E-state index contributed by atoms with van der Waals surface area (Å²) in [6.45, 7) is 0. The average Bonchev–Trinajstić information content (AvgIpc) is 2.29. The molecule has 0 fully saturated rings. The van der Waals surface area contributed by atoms with E-state index in [1.807, 2.05) is 0 Å². The van der Waals surface area contributed by atoms with E-state index in [9.17, 15) is 4.39 Å². The summed E-state index contributed by atoms with van der Waals surface area (Å²) in [5, 5.41) is 0.391. The Morgan fingerprint density at radius 1 is 1.50 bits per heavy atom. The maximum absolute atomic E-state index is 13.1. The number of halogens is 2. The first-order valence-electron chi connectivity index (χ1n) is 3.18. The van der Waals surface area contributed by atoms with Crippen molar-refractivity contribution in [1.82, 2.24) is 4.98 Å². The van der Waals surface area contributed by atoms with Gasteiger partial charge in [0.15, 0.2) is 5.13 Å². The van der Waals surface area contributed by atoms with Gasteiger partial charge >= 0.3 is 0 Å². The Kier molecular flexibility index (Phi) is 1.77. The number of nitrogens with zero attached hydrogens (tertiary/aromatic N) is 1. The van der Waals surface area contributed by atoms with E-state index in [1.54, 1.807) is 6.07 Å². The van der Waals surface area contributed by atoms with Crippen LogP contribution < -0.4 is 5.73 Å². The molecule has 0 atom stereocenters. The second-order valence-corrected chi connectivity index (χ2v) is 4.23. The normalized spacial score (nSPS) is 10.8. The molecule has 2 N–H and O–H groups in total. The van der Waals surface area contributed by atoms with Gasteiger partial charge in [-0.15, -0.1) is 0 Å². The molecule has 2 aromatic rings. The fourth-order valence-electron chi connectivity index (χ4n) is 0.977. The van der Waals surface area contributed by atoms with Gasteiger partial charge in [-0.1, -0.05) is 27.3 Å². The second-order valence-electron chi connectivity index (χ2n) is 2.29. The maximum Gasteiger partial charge on any atom is 0.181 e. The monoisotopic (exact) mass is 246 g/mol. The molecular formula is C7H4BrFN2S. The number of aromatic nitrogens is 1. The van der Waals surface area contributed by atoms with E-state index in [0.29, 0.717) is 19.8 Å². The number of thiazole rings is 1. The first-order valence-corrected chi connectivity index (χ1v) is 4.79. The third-order valence-electron chi connectivity index (χ3n) is 1.43. The van der Waals surface area contributed by atoms with Crippen LogP contribution in [0, 0.1) is 5.82 Å². The van der Waals surface area contributed by atoms with Crippen LogP contribution in [0.1, 0.15) is 0 Å². The molecule has 0 aliphatic rings. The zero-order valence-corrected chi connectivity index (χ0v) is 8.25. The Hall–Kier alpha value is -0.680. The van der Waals surface area contributed by atoms with Crippen molar-refractivity contribution >= 4 is 42.6 Å². The molecule has 2 rings (SSSR count). The summed E-state index contributed by atoms with van der Waals surface area (Å²) in [5.74, 6) is -0.284. The van der Waals surface area contributed by atoms with Gasteiger partial charge in [0.05, 0.1) is 10.2 Å². The fourth-order valence-corrected chi connectivity index (χ4v) is 2.11. The van der Waals surface area contributed by atoms with E-state index in [0.717, 1.165) is 11.3 Å². The summed E-state index contributed by atoms with van der Waals surface area (Å²) in [4.78, 5) is 3.96. The van der Waals surface area contributed by atoms with Crippen LogP contribution in [0.2, 0.25) is 0 Å². The molecule has 5 heteroatoms. The minimum absolute atomic E-state index is 0.284. The number of rotatable bonds is 0. The molecule has 12 heavy (non-hydrogen) atoms. The quantitative estimate of drug-likeness (QED) is 0.777. The molecular weight excluding hydrogens is 243 g/mol. The minimum Gasteiger partial charge on any atom is -0.375 e. The number of nitrogen functional groups attached to an aromatic ring is 1. The van der Waals surface area contributed by atoms with Gasteiger partial charge in [-0.05, 0) is 12.1 Å². The summed E-state index contributed by atoms with van der Waals surface area (Å²) in [5.41, 5.74) is 6.04. The maximum atomic E-state index is 13.1. The number of hydrogen-bond acceptors (Lipinski definition) is 3. The largest absolute Gasteiger partial charge is 0.375 e. The lowest BCUT2D eigenvalue weighted by atomic mass is 10.3. The van der Waals surface area contributed by atoms with Crippen molar-refractivity contribution in [3.63, 3.8) is 0 Å². The van der Waals surface area contributed by atoms with E-state index in [-0.39, 0.29) is 5.82 Å². The van der Waals surface area contributed by atoms with Gasteiger partial charge in [0.1, 0.15) is 5.82 Å². The Bertz CT molecular complexity index is 440. The molecule has 1 heterocycles. The molecule has 0 radical (unpaired) electrons. The Labute approximate surface area is 80.3 Å². The Morgan fingerprint density at radius 3 is 3.00 bits per heavy atom. The molecule has 62 valence electrons. The Balaban J connectivity index is 2.88. The first-order chi connectivity index (χ1) is 5.66. The zero-order chi connectivity index (χ0) is 8.72. The molecule has 1 aromatic carbocycles. The van der Waals surface area contributed by atoms with Gasteiger partial charge in [-0.3, -0.25) is 0 Å². The summed E-state index contributed by atoms with van der Waals surface area (Å²) >= 11 is 4.33. The lowest BCUT2D eigenvalue weighted by molar-refractivity contribution is 0.641. The first kappa shape index (κ1) is 7.94. The average molecular weight is 247 g/mol. The van der Waals surface area contributed by atoms with Crippen molar-refractivity contribution in [2.24, 2.45) is 0 Å². The van der Waals surface area contributed by atoms with Crippen molar-refractivity contribution in [3.8, 4) is 0 Å². The molecule has 0 aliphatic heterocycles. The van der Waals surface area contributed by atoms with Gasteiger partial charge in [0.2, 0.25) is 0 Å². The SMILES string of the molecule is Nc1nc2cc(Br)cc(F)c2s1. The van der Waals surface area contributed by atoms with Crippen LogP contribution >= 0.6 is 27.3 Å². The van der Waals surface area contributed by atoms with Crippen molar-refractivity contribution in [3.05, 3.63) is 22.4 Å². The van der Waals surface area contributed by atoms with E-state index in [1.165, 1.54) is 6.07 Å². The summed E-state index contributed by atoms with van der Waals surface area (Å²) in [6.07, 6.45) is 0. The van der Waals surface area contributed by atoms with E-state index in [2.05, 4.69) is 20.9 Å². The van der Waals surface area contributed by atoms with Crippen LogP contribution in [0.15, 0.2) is 16.6 Å². The molecule has 0 saturated heterocycles. The molecule has 1 aromatic heterocycles. The number of nitrogens with two attached hydrogens (primary N) is 1. The van der Waals surface area contributed by atoms with Crippen molar-refractivity contribution in [2.45, 2.75) is 0 Å². The highest BCUT2D eigenvalue weighted by Crippen LogP contribution is 2.29. The molecule has 0 spiro atoms. The van der Waals surface area contributed by atoms with Crippen molar-refractivity contribution in [1.29, 1.82) is 0 Å². The highest BCUT2D eigenvalue weighted by atomic mass is 79.9. The molecule has 0 saturated carbocycles. The van der Waals surface area contributed by atoms with Crippen LogP contribution in [-0.4, -0.2) is 4.98 Å². The predicted molar refractivity (Wildman–Crippen MR) is 51.7 cm³/mol. The van der Waals surface area contributed by atoms with E-state index in [4.69, 9.17) is 5.73 Å². The number of fused-ring (bicyclic) bond motifs is 1. The highest BCUT2D eigenvalue weighted by molar-refractivity contribution is 9.10. The van der Waals surface area contributed by atoms with Crippen molar-refractivity contribution < 1.29 is 4.39 Å². The molecule has 0 aliphatic carbocycles. The standard InChI is InChI=1S/C7H4BrFN2S/c8-3-1-4(9)6-5(2-3)11-7(10)12-6/h1-2H,(H2,10,11). The smallest absolute Gasteiger partial charge is 0.181 e. The van der Waals surface area contributed by atoms with E-state index < -0.39 is 0 Å². The van der Waals surface area contributed by atoms with Crippen LogP contribution in [0.4, 0.5) is 9.52 Å². The second kappa shape index (κ2) is 2.67. The number of anilines is 1. The van der Waals surface area contributed by atoms with Crippen LogP contribution in [0.3, 0.4) is 0 Å². The summed E-state index contributed by atoms with van der Waals surface area (Å²) < 4.78 is 14.3. The van der Waals surface area contributed by atoms with Gasteiger partial charge < -0.3 is 5.73 Å². The molecule has 2 nitrogen and oxygen atoms in total. The fraction of sp³-hybridized carbons (Fsp3) is 0. The third kappa shape index (κ3) is 1.19. The summed E-state index contributed by atoms with van der Waals surface area (Å²) in [7, 11) is 0. The molecule has 0 amide bonds. The zero-order valence-electron chi connectivity index (χ0n) is 5.84. The molecule has 0 unspecified atom stereocenters. The van der Waals surface area contributed by atoms with Crippen LogP contribution in [-0.2, 0) is 0 Å². The van der Waals surface area contributed by atoms with Crippen molar-refractivity contribution in [2.75, 3.05) is 5.73 Å². The predicted octanol–water partition coefficient (Wildman–Crippen LogP) is 2.78. The van der Waals surface area contributed by atoms with Gasteiger partial charge in [0, 0.05) is 4.47 Å². The lowest BCUT2D eigenvalue weighted by Crippen LogP contribution is -1.79. The van der Waals surface area contributed by atoms with Crippen LogP contribution in [0.25, 0.3) is 10.2 Å². The summed E-state index contributed by atoms with van der Waals surface area (Å²) in [6, 6.07) is 3.14. The van der Waals surface area contributed by atoms with Gasteiger partial charge in [0.25, 0.3) is 0 Å². The van der Waals surface area contributed by atoms with Gasteiger partial charge in [-0.2, -0.15) is 0 Å². The topological polar surface area (TPSA) is 38.9 Å². The van der Waals surface area contributed by atoms with Gasteiger partial charge in [-0.25, -0.2) is 9.37 Å². The minimum atomic E-state index is -0.284. The third-order valence-corrected chi connectivity index (χ3v) is 2.79. The highest BCUT2D eigenvalue weighted by Gasteiger charge is 2.06. The number of benzene rings is 1. The lowest BCUT2D eigenvalue weighted by Gasteiger charge is -1.91. The van der Waals surface area contributed by atoms with Crippen LogP contribution in [0.5, 0.6) is 0 Å². The number of hydrogen-bond donors (Lipinski definition) is 1.